The lowest BCUT2D eigenvalue weighted by molar-refractivity contribution is 0.286. The van der Waals surface area contributed by atoms with Gasteiger partial charge in [-0.25, -0.2) is 0 Å². The summed E-state index contributed by atoms with van der Waals surface area (Å²) in [6.07, 6.45) is 0.994. The molecule has 0 radical (unpaired) electrons. The van der Waals surface area contributed by atoms with E-state index >= 15 is 0 Å². The van der Waals surface area contributed by atoms with Gasteiger partial charge in [-0.05, 0) is 74.6 Å². The normalized spacial score (nSPS) is 16.1. The van der Waals surface area contributed by atoms with Crippen LogP contribution in [0, 0.1) is 6.92 Å². The lowest BCUT2D eigenvalue weighted by atomic mass is 9.88. The van der Waals surface area contributed by atoms with Crippen LogP contribution >= 0.6 is 0 Å². The highest BCUT2D eigenvalue weighted by molar-refractivity contribution is 5.52. The monoisotopic (exact) mass is 355 g/mol. The number of rotatable bonds is 7. The van der Waals surface area contributed by atoms with E-state index in [0.29, 0.717) is 19.8 Å². The average molecular weight is 355 g/mol. The van der Waals surface area contributed by atoms with Crippen molar-refractivity contribution < 1.29 is 14.2 Å². The molecular formula is C22H29NO3. The third-order valence-electron chi connectivity index (χ3n) is 4.69. The van der Waals surface area contributed by atoms with Crippen LogP contribution in [0.3, 0.4) is 0 Å². The fourth-order valence-corrected chi connectivity index (χ4v) is 3.57. The Hall–Kier alpha value is -2.20. The number of aryl methyl sites for hydroxylation is 1. The summed E-state index contributed by atoms with van der Waals surface area (Å²) < 4.78 is 17.3. The van der Waals surface area contributed by atoms with Crippen LogP contribution in [0.5, 0.6) is 17.2 Å². The number of fused-ring (bicyclic) bond motifs is 1. The second-order valence-corrected chi connectivity index (χ2v) is 6.46. The third-order valence-corrected chi connectivity index (χ3v) is 4.69. The van der Waals surface area contributed by atoms with E-state index in [1.807, 2.05) is 20.8 Å². The van der Waals surface area contributed by atoms with E-state index in [1.54, 1.807) is 0 Å². The molecule has 0 fully saturated rings. The van der Waals surface area contributed by atoms with Crippen LogP contribution in [0.1, 0.15) is 49.1 Å². The maximum atomic E-state index is 5.84. The van der Waals surface area contributed by atoms with Crippen molar-refractivity contribution in [2.45, 2.75) is 40.2 Å². The van der Waals surface area contributed by atoms with Crippen LogP contribution in [-0.4, -0.2) is 26.4 Å². The third kappa shape index (κ3) is 3.80. The van der Waals surface area contributed by atoms with Gasteiger partial charge in [-0.3, -0.25) is 0 Å². The minimum Gasteiger partial charge on any atom is -0.494 e. The van der Waals surface area contributed by atoms with Crippen molar-refractivity contribution in [3.8, 4) is 17.2 Å². The van der Waals surface area contributed by atoms with E-state index in [1.165, 1.54) is 16.7 Å². The Kier molecular flexibility index (Phi) is 6.04. The molecule has 26 heavy (non-hydrogen) atoms. The van der Waals surface area contributed by atoms with Gasteiger partial charge in [-0.15, -0.1) is 0 Å². The van der Waals surface area contributed by atoms with Crippen molar-refractivity contribution in [2.75, 3.05) is 26.4 Å². The Morgan fingerprint density at radius 2 is 1.54 bits per heavy atom. The molecular weight excluding hydrogens is 326 g/mol. The second-order valence-electron chi connectivity index (χ2n) is 6.46. The maximum Gasteiger partial charge on any atom is 0.161 e. The molecule has 4 nitrogen and oxygen atoms in total. The summed E-state index contributed by atoms with van der Waals surface area (Å²) in [4.78, 5) is 0. The molecule has 1 atom stereocenters. The molecule has 4 heteroatoms. The van der Waals surface area contributed by atoms with Crippen LogP contribution in [0.2, 0.25) is 0 Å². The average Bonchev–Trinajstić information content (AvgIpc) is 2.64. The van der Waals surface area contributed by atoms with E-state index in [4.69, 9.17) is 14.2 Å². The molecule has 1 aliphatic rings. The predicted octanol–water partition coefficient (Wildman–Crippen LogP) is 4.43. The van der Waals surface area contributed by atoms with E-state index in [-0.39, 0.29) is 6.04 Å². The zero-order chi connectivity index (χ0) is 18.5. The molecule has 140 valence electrons. The molecule has 1 heterocycles. The first-order valence-corrected chi connectivity index (χ1v) is 9.57. The van der Waals surface area contributed by atoms with Crippen LogP contribution in [0.15, 0.2) is 30.3 Å². The molecule has 1 N–H and O–H groups in total. The summed E-state index contributed by atoms with van der Waals surface area (Å²) in [6.45, 7) is 11.0. The first kappa shape index (κ1) is 18.6. The highest BCUT2D eigenvalue weighted by Gasteiger charge is 2.24. The Morgan fingerprint density at radius 3 is 2.19 bits per heavy atom. The largest absolute Gasteiger partial charge is 0.494 e. The minimum atomic E-state index is 0.156. The van der Waals surface area contributed by atoms with E-state index in [9.17, 15) is 0 Å². The highest BCUT2D eigenvalue weighted by Crippen LogP contribution is 2.38. The molecule has 1 unspecified atom stereocenters. The Morgan fingerprint density at radius 1 is 0.885 bits per heavy atom. The zero-order valence-electron chi connectivity index (χ0n) is 16.2. The van der Waals surface area contributed by atoms with Crippen LogP contribution in [0.25, 0.3) is 0 Å². The van der Waals surface area contributed by atoms with Crippen LogP contribution < -0.4 is 19.5 Å². The summed E-state index contributed by atoms with van der Waals surface area (Å²) in [7, 11) is 0. The van der Waals surface area contributed by atoms with E-state index in [0.717, 1.165) is 35.8 Å². The molecule has 2 aromatic rings. The quantitative estimate of drug-likeness (QED) is 0.798. The minimum absolute atomic E-state index is 0.156. The first-order chi connectivity index (χ1) is 12.7. The Bertz CT molecular complexity index is 757. The van der Waals surface area contributed by atoms with Gasteiger partial charge in [0.25, 0.3) is 0 Å². The maximum absolute atomic E-state index is 5.84. The topological polar surface area (TPSA) is 39.7 Å². The van der Waals surface area contributed by atoms with Gasteiger partial charge in [0.15, 0.2) is 11.5 Å². The van der Waals surface area contributed by atoms with Gasteiger partial charge < -0.3 is 19.5 Å². The Balaban J connectivity index is 2.00. The van der Waals surface area contributed by atoms with Gasteiger partial charge in [0.05, 0.1) is 25.9 Å². The van der Waals surface area contributed by atoms with Gasteiger partial charge >= 0.3 is 0 Å². The summed E-state index contributed by atoms with van der Waals surface area (Å²) in [5, 5.41) is 3.65. The van der Waals surface area contributed by atoms with Gasteiger partial charge in [0.2, 0.25) is 0 Å². The van der Waals surface area contributed by atoms with Crippen molar-refractivity contribution in [1.29, 1.82) is 0 Å². The van der Waals surface area contributed by atoms with Crippen LogP contribution in [-0.2, 0) is 6.42 Å². The lowest BCUT2D eigenvalue weighted by Gasteiger charge is -2.29. The number of hydrogen-bond donors (Lipinski definition) is 1. The predicted molar refractivity (Wildman–Crippen MR) is 105 cm³/mol. The fraction of sp³-hybridized carbons (Fsp3) is 0.455. The van der Waals surface area contributed by atoms with Gasteiger partial charge in [0, 0.05) is 6.54 Å². The second kappa shape index (κ2) is 8.45. The smallest absolute Gasteiger partial charge is 0.161 e. The van der Waals surface area contributed by atoms with Crippen LogP contribution in [0.4, 0.5) is 0 Å². The molecule has 3 rings (SSSR count). The van der Waals surface area contributed by atoms with Gasteiger partial charge in [-0.2, -0.15) is 0 Å². The summed E-state index contributed by atoms with van der Waals surface area (Å²) in [6, 6.07) is 10.9. The molecule has 0 saturated carbocycles. The molecule has 0 spiro atoms. The number of benzene rings is 2. The van der Waals surface area contributed by atoms with E-state index in [2.05, 4.69) is 42.6 Å². The lowest BCUT2D eigenvalue weighted by Crippen LogP contribution is -2.30. The fourth-order valence-electron chi connectivity index (χ4n) is 3.57. The highest BCUT2D eigenvalue weighted by atomic mass is 16.5. The van der Waals surface area contributed by atoms with Gasteiger partial charge in [-0.1, -0.05) is 12.1 Å². The molecule has 0 amide bonds. The number of hydrogen-bond acceptors (Lipinski definition) is 4. The first-order valence-electron chi connectivity index (χ1n) is 9.57. The molecule has 2 aromatic carbocycles. The molecule has 0 aliphatic carbocycles. The zero-order valence-corrected chi connectivity index (χ0v) is 16.2. The number of nitrogens with one attached hydrogen (secondary N) is 1. The summed E-state index contributed by atoms with van der Waals surface area (Å²) in [5.41, 5.74) is 5.01. The van der Waals surface area contributed by atoms with Gasteiger partial charge in [0.1, 0.15) is 5.75 Å². The van der Waals surface area contributed by atoms with Crippen molar-refractivity contribution >= 4 is 0 Å². The molecule has 0 saturated heterocycles. The summed E-state index contributed by atoms with van der Waals surface area (Å²) in [5.74, 6) is 2.62. The Labute approximate surface area is 156 Å². The molecule has 0 aromatic heterocycles. The van der Waals surface area contributed by atoms with E-state index < -0.39 is 0 Å². The van der Waals surface area contributed by atoms with Crippen molar-refractivity contribution in [2.24, 2.45) is 0 Å². The number of ether oxygens (including phenoxy) is 3. The van der Waals surface area contributed by atoms with Crippen molar-refractivity contribution in [3.05, 3.63) is 52.6 Å². The standard InChI is InChI=1S/C22H29NO3/c1-5-24-19-9-8-17(12-15(19)4)22-18-14-21(26-7-3)20(25-6-2)13-16(18)10-11-23-22/h8-9,12-14,22-23H,5-7,10-11H2,1-4H3. The molecule has 1 aliphatic heterocycles. The SMILES string of the molecule is CCOc1ccc(C2NCCc3cc(OCC)c(OCC)cc32)cc1C. The van der Waals surface area contributed by atoms with Crippen molar-refractivity contribution in [1.82, 2.24) is 5.32 Å². The molecule has 0 bridgehead atoms. The van der Waals surface area contributed by atoms with Crippen molar-refractivity contribution in [3.63, 3.8) is 0 Å². The summed E-state index contributed by atoms with van der Waals surface area (Å²) >= 11 is 0.